The van der Waals surface area contributed by atoms with Crippen LogP contribution in [0.4, 0.5) is 0 Å². The lowest BCUT2D eigenvalue weighted by Gasteiger charge is -2.18. The van der Waals surface area contributed by atoms with Gasteiger partial charge in [-0.3, -0.25) is 9.59 Å². The molecule has 0 aliphatic carbocycles. The highest BCUT2D eigenvalue weighted by molar-refractivity contribution is 6.35. The van der Waals surface area contributed by atoms with Gasteiger partial charge in [-0.1, -0.05) is 45.0 Å². The average molecular weight is 327 g/mol. The van der Waals surface area contributed by atoms with Crippen molar-refractivity contribution >= 4 is 18.0 Å². The zero-order valence-electron chi connectivity index (χ0n) is 14.0. The van der Waals surface area contributed by atoms with Crippen LogP contribution in [0.1, 0.15) is 37.7 Å². The summed E-state index contributed by atoms with van der Waals surface area (Å²) in [7, 11) is 0. The van der Waals surface area contributed by atoms with Crippen LogP contribution < -0.4 is 10.7 Å². The number of benzene rings is 1. The quantitative estimate of drug-likeness (QED) is 0.513. The van der Waals surface area contributed by atoms with E-state index in [1.807, 2.05) is 24.3 Å². The van der Waals surface area contributed by atoms with Crippen molar-refractivity contribution in [1.82, 2.24) is 10.7 Å². The van der Waals surface area contributed by atoms with Crippen LogP contribution in [-0.2, 0) is 21.5 Å². The molecule has 0 radical (unpaired) electrons. The van der Waals surface area contributed by atoms with Gasteiger partial charge in [0.25, 0.3) is 0 Å². The molecule has 6 heteroatoms. The molecule has 2 N–H and O–H groups in total. The first-order valence-electron chi connectivity index (χ1n) is 7.60. The highest BCUT2D eigenvalue weighted by atomic mass is 16.3. The van der Waals surface area contributed by atoms with Crippen LogP contribution in [0.5, 0.6) is 0 Å². The smallest absolute Gasteiger partial charge is 0.329 e. The monoisotopic (exact) mass is 327 g/mol. The number of furan rings is 1. The Bertz CT molecular complexity index is 711. The fourth-order valence-electron chi connectivity index (χ4n) is 1.95. The van der Waals surface area contributed by atoms with Gasteiger partial charge in [0, 0.05) is 0 Å². The Labute approximate surface area is 140 Å². The molecule has 24 heavy (non-hydrogen) atoms. The zero-order valence-corrected chi connectivity index (χ0v) is 14.0. The van der Waals surface area contributed by atoms with Gasteiger partial charge in [-0.05, 0) is 28.7 Å². The van der Waals surface area contributed by atoms with Gasteiger partial charge in [0.15, 0.2) is 0 Å². The standard InChI is InChI=1S/C18H21N3O3/c1-18(2,3)14-8-6-13(7-9-14)11-20-21-17(23)16(22)19-12-15-5-4-10-24-15/h4-11H,12H2,1-3H3,(H,19,22)(H,21,23)/b20-11-. The lowest BCUT2D eigenvalue weighted by atomic mass is 9.87. The van der Waals surface area contributed by atoms with Gasteiger partial charge in [0.1, 0.15) is 5.76 Å². The van der Waals surface area contributed by atoms with E-state index >= 15 is 0 Å². The SMILES string of the molecule is CC(C)(C)c1ccc(/C=N\NC(=O)C(=O)NCc2ccco2)cc1. The van der Waals surface area contributed by atoms with Crippen LogP contribution >= 0.6 is 0 Å². The Morgan fingerprint density at radius 3 is 2.42 bits per heavy atom. The van der Waals surface area contributed by atoms with Crippen molar-refractivity contribution in [3.05, 3.63) is 59.5 Å². The van der Waals surface area contributed by atoms with Gasteiger partial charge in [-0.2, -0.15) is 5.10 Å². The number of hydrogen-bond donors (Lipinski definition) is 2. The van der Waals surface area contributed by atoms with Crippen molar-refractivity contribution in [2.75, 3.05) is 0 Å². The summed E-state index contributed by atoms with van der Waals surface area (Å²) in [6.07, 6.45) is 2.99. The predicted octanol–water partition coefficient (Wildman–Crippen LogP) is 2.34. The van der Waals surface area contributed by atoms with Crippen molar-refractivity contribution < 1.29 is 14.0 Å². The topological polar surface area (TPSA) is 83.7 Å². The Balaban J connectivity index is 1.82. The summed E-state index contributed by atoms with van der Waals surface area (Å²) in [4.78, 5) is 23.2. The summed E-state index contributed by atoms with van der Waals surface area (Å²) >= 11 is 0. The third-order valence-corrected chi connectivity index (χ3v) is 3.37. The number of nitrogens with zero attached hydrogens (tertiary/aromatic N) is 1. The summed E-state index contributed by atoms with van der Waals surface area (Å²) in [5, 5.41) is 6.23. The first-order chi connectivity index (χ1) is 11.4. The van der Waals surface area contributed by atoms with Crippen molar-refractivity contribution in [3.63, 3.8) is 0 Å². The van der Waals surface area contributed by atoms with Gasteiger partial charge in [-0.15, -0.1) is 0 Å². The van der Waals surface area contributed by atoms with Crippen molar-refractivity contribution in [1.29, 1.82) is 0 Å². The van der Waals surface area contributed by atoms with Crippen LogP contribution in [0, 0.1) is 0 Å². The van der Waals surface area contributed by atoms with Crippen LogP contribution in [0.3, 0.4) is 0 Å². The molecular weight excluding hydrogens is 306 g/mol. The Kier molecular flexibility index (Phi) is 5.52. The number of nitrogens with one attached hydrogen (secondary N) is 2. The number of hydrogen-bond acceptors (Lipinski definition) is 4. The van der Waals surface area contributed by atoms with E-state index in [1.165, 1.54) is 18.0 Å². The van der Waals surface area contributed by atoms with E-state index in [0.29, 0.717) is 5.76 Å². The van der Waals surface area contributed by atoms with Crippen LogP contribution in [0.15, 0.2) is 52.2 Å². The van der Waals surface area contributed by atoms with Gasteiger partial charge < -0.3 is 9.73 Å². The first kappa shape index (κ1) is 17.5. The molecule has 2 amide bonds. The number of rotatable bonds is 4. The molecule has 0 aliphatic rings. The Morgan fingerprint density at radius 2 is 1.83 bits per heavy atom. The first-order valence-corrected chi connectivity index (χ1v) is 7.60. The van der Waals surface area contributed by atoms with Gasteiger partial charge in [0.05, 0.1) is 19.0 Å². The van der Waals surface area contributed by atoms with Crippen LogP contribution in [0.25, 0.3) is 0 Å². The molecule has 2 aromatic rings. The number of carbonyl (C=O) groups is 2. The molecule has 0 bridgehead atoms. The van der Waals surface area contributed by atoms with Crippen LogP contribution in [-0.4, -0.2) is 18.0 Å². The molecule has 0 fully saturated rings. The lowest BCUT2D eigenvalue weighted by molar-refractivity contribution is -0.139. The highest BCUT2D eigenvalue weighted by Gasteiger charge is 2.13. The molecule has 1 heterocycles. The number of carbonyl (C=O) groups excluding carboxylic acids is 2. The maximum Gasteiger partial charge on any atom is 0.329 e. The predicted molar refractivity (Wildman–Crippen MR) is 91.4 cm³/mol. The van der Waals surface area contributed by atoms with Crippen molar-refractivity contribution in [2.45, 2.75) is 32.7 Å². The molecule has 0 unspecified atom stereocenters. The second-order valence-corrected chi connectivity index (χ2v) is 6.33. The van der Waals surface area contributed by atoms with E-state index in [4.69, 9.17) is 4.42 Å². The second-order valence-electron chi connectivity index (χ2n) is 6.33. The molecule has 0 aliphatic heterocycles. The van der Waals surface area contributed by atoms with E-state index in [9.17, 15) is 9.59 Å². The molecule has 6 nitrogen and oxygen atoms in total. The van der Waals surface area contributed by atoms with Gasteiger partial charge in [-0.25, -0.2) is 5.43 Å². The summed E-state index contributed by atoms with van der Waals surface area (Å²) in [5.41, 5.74) is 4.31. The van der Waals surface area contributed by atoms with Gasteiger partial charge in [0.2, 0.25) is 0 Å². The third kappa shape index (κ3) is 5.08. The largest absolute Gasteiger partial charge is 0.467 e. The molecule has 0 spiro atoms. The van der Waals surface area contributed by atoms with Crippen molar-refractivity contribution in [3.8, 4) is 0 Å². The fraction of sp³-hybridized carbons (Fsp3) is 0.278. The van der Waals surface area contributed by atoms with E-state index in [0.717, 1.165) is 5.56 Å². The zero-order chi connectivity index (χ0) is 17.6. The molecule has 1 aromatic carbocycles. The highest BCUT2D eigenvalue weighted by Crippen LogP contribution is 2.21. The van der Waals surface area contributed by atoms with Crippen molar-refractivity contribution in [2.24, 2.45) is 5.10 Å². The van der Waals surface area contributed by atoms with E-state index in [-0.39, 0.29) is 12.0 Å². The molecule has 1 aromatic heterocycles. The molecule has 0 saturated carbocycles. The van der Waals surface area contributed by atoms with E-state index in [2.05, 4.69) is 36.6 Å². The normalized spacial score (nSPS) is 11.5. The minimum atomic E-state index is -0.830. The number of hydrazone groups is 1. The maximum atomic E-state index is 11.6. The minimum absolute atomic E-state index is 0.0793. The summed E-state index contributed by atoms with van der Waals surface area (Å²) in [6.45, 7) is 6.56. The minimum Gasteiger partial charge on any atom is -0.467 e. The average Bonchev–Trinajstić information content (AvgIpc) is 3.05. The van der Waals surface area contributed by atoms with E-state index in [1.54, 1.807) is 12.1 Å². The van der Waals surface area contributed by atoms with Gasteiger partial charge >= 0.3 is 11.8 Å². The molecule has 0 atom stereocenters. The Hall–Kier alpha value is -2.89. The number of amides is 2. The molecule has 2 rings (SSSR count). The fourth-order valence-corrected chi connectivity index (χ4v) is 1.95. The maximum absolute atomic E-state index is 11.6. The van der Waals surface area contributed by atoms with Crippen LogP contribution in [0.2, 0.25) is 0 Å². The molecular formula is C18H21N3O3. The summed E-state index contributed by atoms with van der Waals surface area (Å²) in [5.74, 6) is -1.03. The third-order valence-electron chi connectivity index (χ3n) is 3.37. The second kappa shape index (κ2) is 7.59. The summed E-state index contributed by atoms with van der Waals surface area (Å²) < 4.78 is 5.06. The molecule has 0 saturated heterocycles. The lowest BCUT2D eigenvalue weighted by Crippen LogP contribution is -2.37. The summed E-state index contributed by atoms with van der Waals surface area (Å²) in [6, 6.07) is 11.3. The molecule has 126 valence electrons. The van der Waals surface area contributed by atoms with E-state index < -0.39 is 11.8 Å². The Morgan fingerprint density at radius 1 is 1.12 bits per heavy atom.